The molecule has 3 atom stereocenters. The van der Waals surface area contributed by atoms with Gasteiger partial charge in [0.1, 0.15) is 6.61 Å². The molecule has 2 rings (SSSR count). The molecule has 4 nitrogen and oxygen atoms in total. The highest BCUT2D eigenvalue weighted by Crippen LogP contribution is 2.54. The second-order valence-corrected chi connectivity index (χ2v) is 7.41. The second kappa shape index (κ2) is 7.37. The largest absolute Gasteiger partial charge is 0.481 e. The highest BCUT2D eigenvalue weighted by molar-refractivity contribution is 5.90. The lowest BCUT2D eigenvalue weighted by Crippen LogP contribution is -2.41. The van der Waals surface area contributed by atoms with Crippen molar-refractivity contribution in [1.29, 1.82) is 0 Å². The van der Waals surface area contributed by atoms with Crippen molar-refractivity contribution in [3.8, 4) is 0 Å². The van der Waals surface area contributed by atoms with E-state index >= 15 is 0 Å². The minimum atomic E-state index is -0.770. The first-order valence-electron chi connectivity index (χ1n) is 8.66. The molecular weight excluding hydrogens is 304 g/mol. The normalized spacial score (nSPS) is 30.0. The highest BCUT2D eigenvalue weighted by Gasteiger charge is 2.45. The van der Waals surface area contributed by atoms with Gasteiger partial charge in [-0.05, 0) is 62.4 Å². The molecular formula is C20H28O4. The number of esters is 1. The van der Waals surface area contributed by atoms with Gasteiger partial charge in [0.25, 0.3) is 0 Å². The molecule has 1 saturated carbocycles. The quantitative estimate of drug-likeness (QED) is 0.558. The fraction of sp³-hybridized carbons (Fsp3) is 0.600. The maximum atomic E-state index is 11.7. The number of carboxylic acids is 1. The number of ether oxygens (including phenoxy) is 1. The van der Waals surface area contributed by atoms with Crippen molar-refractivity contribution in [3.63, 3.8) is 0 Å². The van der Waals surface area contributed by atoms with E-state index < -0.39 is 5.97 Å². The van der Waals surface area contributed by atoms with Crippen LogP contribution in [-0.2, 0) is 14.3 Å². The SMILES string of the molecule is C=C(C)[C@H]1CCC(=C)[C@@H](CCC2=CCOC2=O)[C@]1(C)CCC(=O)O. The molecule has 0 bridgehead atoms. The lowest BCUT2D eigenvalue weighted by atomic mass is 9.55. The summed E-state index contributed by atoms with van der Waals surface area (Å²) in [6, 6.07) is 0. The monoisotopic (exact) mass is 332 g/mol. The minimum Gasteiger partial charge on any atom is -0.481 e. The van der Waals surface area contributed by atoms with Crippen LogP contribution in [0.1, 0.15) is 52.4 Å². The number of hydrogen-bond acceptors (Lipinski definition) is 3. The zero-order chi connectivity index (χ0) is 17.9. The molecule has 1 N–H and O–H groups in total. The van der Waals surface area contributed by atoms with Crippen molar-refractivity contribution < 1.29 is 19.4 Å². The van der Waals surface area contributed by atoms with Gasteiger partial charge >= 0.3 is 11.9 Å². The van der Waals surface area contributed by atoms with Gasteiger partial charge in [-0.25, -0.2) is 4.79 Å². The summed E-state index contributed by atoms with van der Waals surface area (Å²) in [6.07, 6.45) is 5.98. The molecule has 1 aliphatic heterocycles. The van der Waals surface area contributed by atoms with Crippen LogP contribution in [0.25, 0.3) is 0 Å². The predicted molar refractivity (Wildman–Crippen MR) is 93.4 cm³/mol. The van der Waals surface area contributed by atoms with Gasteiger partial charge in [-0.1, -0.05) is 31.2 Å². The molecule has 1 heterocycles. The summed E-state index contributed by atoms with van der Waals surface area (Å²) in [6.45, 7) is 13.0. The van der Waals surface area contributed by atoms with Gasteiger partial charge in [0.15, 0.2) is 0 Å². The lowest BCUT2D eigenvalue weighted by Gasteiger charge is -2.49. The summed E-state index contributed by atoms with van der Waals surface area (Å²) >= 11 is 0. The number of carbonyl (C=O) groups is 2. The van der Waals surface area contributed by atoms with Crippen molar-refractivity contribution in [2.75, 3.05) is 6.61 Å². The maximum Gasteiger partial charge on any atom is 0.334 e. The van der Waals surface area contributed by atoms with Crippen LogP contribution in [0.3, 0.4) is 0 Å². The summed E-state index contributed by atoms with van der Waals surface area (Å²) in [4.78, 5) is 22.8. The molecule has 4 heteroatoms. The summed E-state index contributed by atoms with van der Waals surface area (Å²) in [7, 11) is 0. The number of hydrogen-bond donors (Lipinski definition) is 1. The first-order chi connectivity index (χ1) is 11.3. The fourth-order valence-corrected chi connectivity index (χ4v) is 4.51. The molecule has 0 spiro atoms. The Balaban J connectivity index is 2.20. The van der Waals surface area contributed by atoms with Crippen LogP contribution in [0.15, 0.2) is 36.0 Å². The van der Waals surface area contributed by atoms with E-state index in [1.54, 1.807) is 0 Å². The van der Waals surface area contributed by atoms with Crippen LogP contribution >= 0.6 is 0 Å². The Morgan fingerprint density at radius 3 is 2.75 bits per heavy atom. The molecule has 1 aliphatic carbocycles. The standard InChI is InChI=1S/C20H28O4/c1-13(2)16-7-5-14(3)17(20(16,4)11-9-18(21)22)8-6-15-10-12-24-19(15)23/h10,16-17H,1,3,5-9,11-12H2,2,4H3,(H,21,22)/t16-,17-,20-/m1/s1. The van der Waals surface area contributed by atoms with Crippen LogP contribution < -0.4 is 0 Å². The predicted octanol–water partition coefficient (Wildman–Crippen LogP) is 4.28. The van der Waals surface area contributed by atoms with Crippen LogP contribution in [0.4, 0.5) is 0 Å². The maximum absolute atomic E-state index is 11.7. The van der Waals surface area contributed by atoms with E-state index in [4.69, 9.17) is 9.84 Å². The van der Waals surface area contributed by atoms with Crippen molar-refractivity contribution in [2.45, 2.75) is 52.4 Å². The van der Waals surface area contributed by atoms with Gasteiger partial charge in [0.2, 0.25) is 0 Å². The molecule has 0 aromatic heterocycles. The van der Waals surface area contributed by atoms with E-state index in [0.29, 0.717) is 19.4 Å². The van der Waals surface area contributed by atoms with Crippen molar-refractivity contribution in [1.82, 2.24) is 0 Å². The van der Waals surface area contributed by atoms with E-state index in [2.05, 4.69) is 20.1 Å². The molecule has 24 heavy (non-hydrogen) atoms. The van der Waals surface area contributed by atoms with Gasteiger partial charge in [0.05, 0.1) is 0 Å². The molecule has 0 saturated heterocycles. The Bertz CT molecular complexity index is 586. The number of allylic oxidation sites excluding steroid dienone is 2. The molecule has 0 radical (unpaired) electrons. The van der Waals surface area contributed by atoms with Gasteiger partial charge in [-0.15, -0.1) is 0 Å². The molecule has 0 amide bonds. The summed E-state index contributed by atoms with van der Waals surface area (Å²) in [5, 5.41) is 9.16. The fourth-order valence-electron chi connectivity index (χ4n) is 4.51. The molecule has 0 aromatic carbocycles. The van der Waals surface area contributed by atoms with E-state index in [1.165, 1.54) is 5.57 Å². The zero-order valence-electron chi connectivity index (χ0n) is 14.8. The van der Waals surface area contributed by atoms with Crippen molar-refractivity contribution in [2.24, 2.45) is 17.3 Å². The van der Waals surface area contributed by atoms with E-state index in [9.17, 15) is 9.59 Å². The van der Waals surface area contributed by atoms with Crippen LogP contribution in [0, 0.1) is 17.3 Å². The summed E-state index contributed by atoms with van der Waals surface area (Å²) in [5.74, 6) is -0.507. The number of carboxylic acid groups (broad SMARTS) is 1. The Hall–Kier alpha value is -1.84. The summed E-state index contributed by atoms with van der Waals surface area (Å²) < 4.78 is 4.98. The third-order valence-electron chi connectivity index (χ3n) is 5.82. The first-order valence-corrected chi connectivity index (χ1v) is 8.66. The lowest BCUT2D eigenvalue weighted by molar-refractivity contribution is -0.138. The van der Waals surface area contributed by atoms with E-state index in [0.717, 1.165) is 30.4 Å². The Kier molecular flexibility index (Phi) is 5.68. The average Bonchev–Trinajstić information content (AvgIpc) is 2.90. The number of cyclic esters (lactones) is 1. The molecule has 1 fully saturated rings. The van der Waals surface area contributed by atoms with Gasteiger partial charge < -0.3 is 9.84 Å². The molecule has 2 aliphatic rings. The van der Waals surface area contributed by atoms with Crippen LogP contribution in [0.2, 0.25) is 0 Å². The third-order valence-corrected chi connectivity index (χ3v) is 5.82. The smallest absolute Gasteiger partial charge is 0.334 e. The first kappa shape index (κ1) is 18.5. The van der Waals surface area contributed by atoms with E-state index in [1.807, 2.05) is 13.0 Å². The molecule has 132 valence electrons. The van der Waals surface area contributed by atoms with Gasteiger partial charge in [-0.2, -0.15) is 0 Å². The Morgan fingerprint density at radius 2 is 2.21 bits per heavy atom. The van der Waals surface area contributed by atoms with Crippen molar-refractivity contribution in [3.05, 3.63) is 36.0 Å². The van der Waals surface area contributed by atoms with Gasteiger partial charge in [0, 0.05) is 12.0 Å². The summed E-state index contributed by atoms with van der Waals surface area (Å²) in [5.41, 5.74) is 2.84. The molecule has 0 aromatic rings. The third kappa shape index (κ3) is 3.80. The highest BCUT2D eigenvalue weighted by atomic mass is 16.5. The Labute approximate surface area is 144 Å². The van der Waals surface area contributed by atoms with E-state index in [-0.39, 0.29) is 29.6 Å². The zero-order valence-corrected chi connectivity index (χ0v) is 14.8. The van der Waals surface area contributed by atoms with Crippen LogP contribution in [0.5, 0.6) is 0 Å². The Morgan fingerprint density at radius 1 is 1.50 bits per heavy atom. The molecule has 0 unspecified atom stereocenters. The average molecular weight is 332 g/mol. The van der Waals surface area contributed by atoms with Crippen molar-refractivity contribution >= 4 is 11.9 Å². The minimum absolute atomic E-state index is 0.148. The second-order valence-electron chi connectivity index (χ2n) is 7.41. The topological polar surface area (TPSA) is 63.6 Å². The van der Waals surface area contributed by atoms with Gasteiger partial charge in [-0.3, -0.25) is 4.79 Å². The number of rotatable bonds is 7. The number of aliphatic carboxylic acids is 1. The van der Waals surface area contributed by atoms with Crippen LogP contribution in [-0.4, -0.2) is 23.7 Å². The number of carbonyl (C=O) groups excluding carboxylic acids is 1.